The van der Waals surface area contributed by atoms with Crippen LogP contribution in [0.4, 0.5) is 0 Å². The Morgan fingerprint density at radius 3 is 2.89 bits per heavy atom. The fraction of sp³-hybridized carbons (Fsp3) is 0.923. The van der Waals surface area contributed by atoms with E-state index in [2.05, 4.69) is 5.32 Å². The zero-order chi connectivity index (χ0) is 12.8. The van der Waals surface area contributed by atoms with Crippen LogP contribution in [0.5, 0.6) is 0 Å². The van der Waals surface area contributed by atoms with Crippen molar-refractivity contribution >= 4 is 5.91 Å². The van der Waals surface area contributed by atoms with Gasteiger partial charge in [0.1, 0.15) is 0 Å². The zero-order valence-electron chi connectivity index (χ0n) is 10.8. The quantitative estimate of drug-likeness (QED) is 0.616. The van der Waals surface area contributed by atoms with Gasteiger partial charge in [0.2, 0.25) is 5.91 Å². The molecular weight excluding hydrogens is 230 g/mol. The first-order valence-electron chi connectivity index (χ1n) is 7.05. The third-order valence-corrected chi connectivity index (χ3v) is 4.89. The third-order valence-electron chi connectivity index (χ3n) is 4.89. The number of rotatable bonds is 2. The molecule has 1 amide bonds. The topological polar surface area (TPSA) is 78.6 Å². The number of carbonyl (C=O) groups excluding carboxylic acids is 1. The van der Waals surface area contributed by atoms with E-state index in [9.17, 15) is 9.90 Å². The van der Waals surface area contributed by atoms with Crippen molar-refractivity contribution in [2.45, 2.75) is 50.3 Å². The zero-order valence-corrected chi connectivity index (χ0v) is 10.8. The van der Waals surface area contributed by atoms with Crippen LogP contribution < -0.4 is 11.1 Å². The van der Waals surface area contributed by atoms with Crippen LogP contribution >= 0.6 is 0 Å². The Labute approximate surface area is 108 Å². The molecule has 2 heterocycles. The van der Waals surface area contributed by atoms with Crippen LogP contribution in [0.3, 0.4) is 0 Å². The molecule has 2 saturated heterocycles. The molecule has 3 atom stereocenters. The first-order chi connectivity index (χ1) is 8.63. The number of nitrogens with zero attached hydrogens (tertiary/aromatic N) is 1. The van der Waals surface area contributed by atoms with E-state index in [0.29, 0.717) is 24.9 Å². The summed E-state index contributed by atoms with van der Waals surface area (Å²) in [5, 5.41) is 13.0. The lowest BCUT2D eigenvalue weighted by Crippen LogP contribution is -2.53. The minimum atomic E-state index is -0.402. The highest BCUT2D eigenvalue weighted by Gasteiger charge is 2.48. The van der Waals surface area contributed by atoms with Crippen LogP contribution in [0.1, 0.15) is 32.1 Å². The molecule has 0 aromatic heterocycles. The van der Waals surface area contributed by atoms with Crippen molar-refractivity contribution in [1.82, 2.24) is 10.2 Å². The van der Waals surface area contributed by atoms with E-state index in [1.54, 1.807) is 4.90 Å². The molecular formula is C13H23N3O2. The lowest BCUT2D eigenvalue weighted by atomic mass is 9.89. The molecule has 4 N–H and O–H groups in total. The second-order valence-electron chi connectivity index (χ2n) is 6.23. The SMILES string of the molecule is NC[C@H]1C[C@@H](O)CN1C(=O)C1CC2(CCN1)CC2. The molecule has 102 valence electrons. The van der Waals surface area contributed by atoms with Crippen LogP contribution in [0.25, 0.3) is 0 Å². The Hall–Kier alpha value is -0.650. The van der Waals surface area contributed by atoms with Gasteiger partial charge in [-0.25, -0.2) is 0 Å². The van der Waals surface area contributed by atoms with Gasteiger partial charge in [0.05, 0.1) is 12.1 Å². The van der Waals surface area contributed by atoms with E-state index in [-0.39, 0.29) is 18.0 Å². The molecule has 0 bridgehead atoms. The summed E-state index contributed by atoms with van der Waals surface area (Å²) >= 11 is 0. The van der Waals surface area contributed by atoms with Gasteiger partial charge in [0.15, 0.2) is 0 Å². The molecule has 1 spiro atoms. The summed E-state index contributed by atoms with van der Waals surface area (Å²) in [5.41, 5.74) is 6.15. The van der Waals surface area contributed by atoms with Gasteiger partial charge >= 0.3 is 0 Å². The van der Waals surface area contributed by atoms with E-state index in [4.69, 9.17) is 5.73 Å². The largest absolute Gasteiger partial charge is 0.391 e. The Balaban J connectivity index is 1.66. The Morgan fingerprint density at radius 1 is 1.44 bits per heavy atom. The van der Waals surface area contributed by atoms with Crippen LogP contribution in [0, 0.1) is 5.41 Å². The van der Waals surface area contributed by atoms with E-state index in [0.717, 1.165) is 13.0 Å². The standard InChI is InChI=1S/C13H23N3O2/c14-7-9-5-10(17)8-16(9)12(18)11-6-13(1-2-13)3-4-15-11/h9-11,15,17H,1-8,14H2/t9-,10-,11?/m1/s1. The molecule has 0 radical (unpaired) electrons. The van der Waals surface area contributed by atoms with Gasteiger partial charge in [0.25, 0.3) is 0 Å². The number of nitrogens with two attached hydrogens (primary N) is 1. The summed E-state index contributed by atoms with van der Waals surface area (Å²) in [6, 6.07) is -0.0352. The molecule has 2 aliphatic heterocycles. The monoisotopic (exact) mass is 253 g/mol. The lowest BCUT2D eigenvalue weighted by Gasteiger charge is -2.34. The second-order valence-corrected chi connectivity index (χ2v) is 6.23. The van der Waals surface area contributed by atoms with Gasteiger partial charge < -0.3 is 21.1 Å². The predicted molar refractivity (Wildman–Crippen MR) is 67.9 cm³/mol. The molecule has 1 unspecified atom stereocenters. The number of hydrogen-bond acceptors (Lipinski definition) is 4. The third kappa shape index (κ3) is 2.15. The summed E-state index contributed by atoms with van der Waals surface area (Å²) in [6.07, 6.45) is 4.96. The first-order valence-corrected chi connectivity index (χ1v) is 7.05. The Bertz CT molecular complexity index is 343. The van der Waals surface area contributed by atoms with Gasteiger partial charge in [-0.05, 0) is 44.1 Å². The number of nitrogens with one attached hydrogen (secondary N) is 1. The molecule has 3 rings (SSSR count). The van der Waals surface area contributed by atoms with Crippen molar-refractivity contribution in [3.8, 4) is 0 Å². The van der Waals surface area contributed by atoms with E-state index >= 15 is 0 Å². The molecule has 3 fully saturated rings. The average Bonchev–Trinajstić information content (AvgIpc) is 2.99. The van der Waals surface area contributed by atoms with Gasteiger partial charge in [-0.1, -0.05) is 0 Å². The molecule has 18 heavy (non-hydrogen) atoms. The predicted octanol–water partition coefficient (Wildman–Crippen LogP) is -0.561. The number of hydrogen-bond donors (Lipinski definition) is 3. The molecule has 0 aromatic carbocycles. The second kappa shape index (κ2) is 4.47. The van der Waals surface area contributed by atoms with Crippen molar-refractivity contribution in [1.29, 1.82) is 0 Å². The molecule has 3 aliphatic rings. The minimum Gasteiger partial charge on any atom is -0.391 e. The summed E-state index contributed by atoms with van der Waals surface area (Å²) in [6.45, 7) is 1.84. The van der Waals surface area contributed by atoms with E-state index in [1.807, 2.05) is 0 Å². The summed E-state index contributed by atoms with van der Waals surface area (Å²) in [7, 11) is 0. The lowest BCUT2D eigenvalue weighted by molar-refractivity contribution is -0.135. The normalized spacial score (nSPS) is 38.1. The molecule has 1 aliphatic carbocycles. The van der Waals surface area contributed by atoms with Crippen LogP contribution in [0.15, 0.2) is 0 Å². The van der Waals surface area contributed by atoms with Crippen LogP contribution in [-0.2, 0) is 4.79 Å². The van der Waals surface area contributed by atoms with Gasteiger partial charge in [-0.15, -0.1) is 0 Å². The number of likely N-dealkylation sites (tertiary alicyclic amines) is 1. The number of aliphatic hydroxyl groups excluding tert-OH is 1. The average molecular weight is 253 g/mol. The van der Waals surface area contributed by atoms with Crippen LogP contribution in [0.2, 0.25) is 0 Å². The number of amides is 1. The highest BCUT2D eigenvalue weighted by atomic mass is 16.3. The van der Waals surface area contributed by atoms with Gasteiger partial charge in [-0.3, -0.25) is 4.79 Å². The van der Waals surface area contributed by atoms with Crippen molar-refractivity contribution in [3.05, 3.63) is 0 Å². The number of piperidine rings is 1. The van der Waals surface area contributed by atoms with Crippen molar-refractivity contribution in [2.75, 3.05) is 19.6 Å². The highest BCUT2D eigenvalue weighted by molar-refractivity contribution is 5.83. The maximum Gasteiger partial charge on any atom is 0.240 e. The molecule has 1 saturated carbocycles. The molecule has 0 aromatic rings. The van der Waals surface area contributed by atoms with Gasteiger partial charge in [-0.2, -0.15) is 0 Å². The molecule has 5 heteroatoms. The van der Waals surface area contributed by atoms with Gasteiger partial charge in [0, 0.05) is 19.1 Å². The van der Waals surface area contributed by atoms with Crippen molar-refractivity contribution in [3.63, 3.8) is 0 Å². The van der Waals surface area contributed by atoms with Crippen molar-refractivity contribution < 1.29 is 9.90 Å². The maximum atomic E-state index is 12.5. The maximum absolute atomic E-state index is 12.5. The molecule has 5 nitrogen and oxygen atoms in total. The van der Waals surface area contributed by atoms with E-state index < -0.39 is 6.10 Å². The van der Waals surface area contributed by atoms with Crippen molar-refractivity contribution in [2.24, 2.45) is 11.1 Å². The number of carbonyl (C=O) groups is 1. The first kappa shape index (κ1) is 12.4. The fourth-order valence-electron chi connectivity index (χ4n) is 3.51. The fourth-order valence-corrected chi connectivity index (χ4v) is 3.51. The van der Waals surface area contributed by atoms with Crippen LogP contribution in [-0.4, -0.2) is 53.7 Å². The summed E-state index contributed by atoms with van der Waals surface area (Å²) in [4.78, 5) is 14.3. The summed E-state index contributed by atoms with van der Waals surface area (Å²) < 4.78 is 0. The Morgan fingerprint density at radius 2 is 2.22 bits per heavy atom. The van der Waals surface area contributed by atoms with E-state index in [1.165, 1.54) is 19.3 Å². The Kier molecular flexibility index (Phi) is 3.08. The minimum absolute atomic E-state index is 0.0198. The number of aliphatic hydroxyl groups is 1. The number of β-amino-alcohol motifs (C(OH)–C–C–N with tert-alkyl or cyclic N) is 1. The summed E-state index contributed by atoms with van der Waals surface area (Å²) in [5.74, 6) is 0.146. The highest BCUT2D eigenvalue weighted by Crippen LogP contribution is 2.53. The smallest absolute Gasteiger partial charge is 0.240 e.